The minimum Gasteiger partial charge on any atom is -0.466 e. The molecule has 0 radical (unpaired) electrons. The molecule has 0 aromatic heterocycles. The molecule has 2 aromatic rings. The maximum atomic E-state index is 12.5. The van der Waals surface area contributed by atoms with Crippen molar-refractivity contribution >= 4 is 18.1 Å². The molecular weight excluding hydrogens is 392 g/mol. The zero-order valence-corrected chi connectivity index (χ0v) is 17.7. The Bertz CT molecular complexity index is 915. The lowest BCUT2D eigenvalue weighted by atomic mass is 10.0. The molecule has 1 atom stereocenters. The van der Waals surface area contributed by atoms with Gasteiger partial charge in [0.2, 0.25) is 5.91 Å². The van der Waals surface area contributed by atoms with Gasteiger partial charge in [-0.15, -0.1) is 0 Å². The molecule has 1 unspecified atom stereocenters. The second-order valence-electron chi connectivity index (χ2n) is 7.09. The summed E-state index contributed by atoms with van der Waals surface area (Å²) >= 11 is 0. The van der Waals surface area contributed by atoms with Crippen molar-refractivity contribution in [2.75, 3.05) is 6.61 Å². The highest BCUT2D eigenvalue weighted by Gasteiger charge is 2.19. The highest BCUT2D eigenvalue weighted by molar-refractivity contribution is 5.79. The Morgan fingerprint density at radius 2 is 1.87 bits per heavy atom. The van der Waals surface area contributed by atoms with E-state index in [9.17, 15) is 9.59 Å². The van der Waals surface area contributed by atoms with Gasteiger partial charge in [-0.1, -0.05) is 36.4 Å². The second kappa shape index (κ2) is 12.8. The SMILES string of the molecule is CCOC(=O)CC(NC(=O)CCCCc1ccc(C=NN)cc1)c1ccc(C#N)cc1. The van der Waals surface area contributed by atoms with Crippen LogP contribution in [0.3, 0.4) is 0 Å². The van der Waals surface area contributed by atoms with Gasteiger partial charge in [0.25, 0.3) is 0 Å². The first-order chi connectivity index (χ1) is 15.0. The Morgan fingerprint density at radius 1 is 1.16 bits per heavy atom. The number of nitrogens with two attached hydrogens (primary N) is 1. The minimum absolute atomic E-state index is 0.0456. The highest BCUT2D eigenvalue weighted by atomic mass is 16.5. The minimum atomic E-state index is -0.490. The van der Waals surface area contributed by atoms with Gasteiger partial charge in [0.15, 0.2) is 0 Å². The Balaban J connectivity index is 1.87. The summed E-state index contributed by atoms with van der Waals surface area (Å²) in [7, 11) is 0. The number of rotatable bonds is 11. The fourth-order valence-corrected chi connectivity index (χ4v) is 3.17. The van der Waals surface area contributed by atoms with Crippen LogP contribution < -0.4 is 11.2 Å². The third kappa shape index (κ3) is 8.31. The number of esters is 1. The number of nitrogens with one attached hydrogen (secondary N) is 1. The normalized spacial score (nSPS) is 11.6. The van der Waals surface area contributed by atoms with Crippen LogP contribution in [0.4, 0.5) is 0 Å². The van der Waals surface area contributed by atoms with E-state index in [0.29, 0.717) is 12.0 Å². The fraction of sp³-hybridized carbons (Fsp3) is 0.333. The summed E-state index contributed by atoms with van der Waals surface area (Å²) in [6.07, 6.45) is 4.48. The van der Waals surface area contributed by atoms with Crippen molar-refractivity contribution in [2.24, 2.45) is 10.9 Å². The van der Waals surface area contributed by atoms with Crippen LogP contribution >= 0.6 is 0 Å². The zero-order valence-electron chi connectivity index (χ0n) is 17.7. The standard InChI is InChI=1S/C24H28N4O3/c1-2-31-24(30)15-22(21-13-11-19(16-25)12-14-21)28-23(29)6-4-3-5-18-7-9-20(10-8-18)17-27-26/h7-14,17,22H,2-6,15,26H2,1H3,(H,28,29). The van der Waals surface area contributed by atoms with E-state index in [1.165, 1.54) is 5.56 Å². The summed E-state index contributed by atoms with van der Waals surface area (Å²) < 4.78 is 5.03. The number of carbonyl (C=O) groups is 2. The predicted molar refractivity (Wildman–Crippen MR) is 119 cm³/mol. The number of aryl methyl sites for hydroxylation is 1. The molecule has 7 heteroatoms. The molecule has 2 rings (SSSR count). The van der Waals surface area contributed by atoms with E-state index in [4.69, 9.17) is 15.8 Å². The van der Waals surface area contributed by atoms with Crippen LogP contribution in [0, 0.1) is 11.3 Å². The number of unbranched alkanes of at least 4 members (excludes halogenated alkanes) is 1. The lowest BCUT2D eigenvalue weighted by molar-refractivity contribution is -0.143. The number of amides is 1. The van der Waals surface area contributed by atoms with Crippen LogP contribution in [-0.4, -0.2) is 24.7 Å². The fourth-order valence-electron chi connectivity index (χ4n) is 3.17. The van der Waals surface area contributed by atoms with Crippen LogP contribution in [-0.2, 0) is 20.7 Å². The van der Waals surface area contributed by atoms with Crippen molar-refractivity contribution in [2.45, 2.75) is 45.1 Å². The molecule has 1 amide bonds. The molecule has 0 aliphatic carbocycles. The quantitative estimate of drug-likeness (QED) is 0.190. The average Bonchev–Trinajstić information content (AvgIpc) is 2.78. The molecule has 7 nitrogen and oxygen atoms in total. The molecule has 0 saturated heterocycles. The van der Waals surface area contributed by atoms with Crippen LogP contribution in [0.5, 0.6) is 0 Å². The highest BCUT2D eigenvalue weighted by Crippen LogP contribution is 2.19. The van der Waals surface area contributed by atoms with Crippen LogP contribution in [0.15, 0.2) is 53.6 Å². The van der Waals surface area contributed by atoms with Crippen molar-refractivity contribution in [1.29, 1.82) is 5.26 Å². The lowest BCUT2D eigenvalue weighted by Gasteiger charge is -2.18. The van der Waals surface area contributed by atoms with Gasteiger partial charge in [0, 0.05) is 6.42 Å². The van der Waals surface area contributed by atoms with Crippen LogP contribution in [0.2, 0.25) is 0 Å². The maximum absolute atomic E-state index is 12.5. The van der Waals surface area contributed by atoms with E-state index in [1.807, 2.05) is 24.3 Å². The lowest BCUT2D eigenvalue weighted by Crippen LogP contribution is -2.30. The number of nitrogens with zero attached hydrogens (tertiary/aromatic N) is 2. The molecule has 0 heterocycles. The molecule has 0 bridgehead atoms. The third-order valence-electron chi connectivity index (χ3n) is 4.78. The smallest absolute Gasteiger partial charge is 0.308 e. The second-order valence-corrected chi connectivity index (χ2v) is 7.09. The first kappa shape index (κ1) is 23.6. The summed E-state index contributed by atoms with van der Waals surface area (Å²) in [5.74, 6) is 4.65. The van der Waals surface area contributed by atoms with E-state index in [-0.39, 0.29) is 24.9 Å². The van der Waals surface area contributed by atoms with Gasteiger partial charge in [0.05, 0.1) is 36.9 Å². The van der Waals surface area contributed by atoms with Gasteiger partial charge < -0.3 is 15.9 Å². The number of benzene rings is 2. The van der Waals surface area contributed by atoms with Crippen molar-refractivity contribution in [3.05, 3.63) is 70.8 Å². The van der Waals surface area contributed by atoms with E-state index in [0.717, 1.165) is 30.4 Å². The number of hydrogen-bond donors (Lipinski definition) is 2. The molecule has 162 valence electrons. The first-order valence-corrected chi connectivity index (χ1v) is 10.3. The van der Waals surface area contributed by atoms with Crippen LogP contribution in [0.25, 0.3) is 0 Å². The van der Waals surface area contributed by atoms with Crippen LogP contribution in [0.1, 0.15) is 60.9 Å². The predicted octanol–water partition coefficient (Wildman–Crippen LogP) is 3.37. The first-order valence-electron chi connectivity index (χ1n) is 10.3. The number of ether oxygens (including phenoxy) is 1. The van der Waals surface area contributed by atoms with Crippen molar-refractivity contribution < 1.29 is 14.3 Å². The number of hydrogen-bond acceptors (Lipinski definition) is 6. The van der Waals surface area contributed by atoms with Gasteiger partial charge in [-0.3, -0.25) is 9.59 Å². The molecule has 0 aliphatic rings. The summed E-state index contributed by atoms with van der Waals surface area (Å²) in [4.78, 5) is 24.4. The van der Waals surface area contributed by atoms with E-state index < -0.39 is 6.04 Å². The molecular formula is C24H28N4O3. The zero-order chi connectivity index (χ0) is 22.5. The van der Waals surface area contributed by atoms with Gasteiger partial charge in [-0.2, -0.15) is 10.4 Å². The van der Waals surface area contributed by atoms with E-state index in [1.54, 1.807) is 37.4 Å². The number of carbonyl (C=O) groups excluding carboxylic acids is 2. The largest absolute Gasteiger partial charge is 0.466 e. The molecule has 2 aromatic carbocycles. The molecule has 0 saturated carbocycles. The summed E-state index contributed by atoms with van der Waals surface area (Å²) in [6.45, 7) is 2.03. The van der Waals surface area contributed by atoms with Gasteiger partial charge in [0.1, 0.15) is 0 Å². The average molecular weight is 421 g/mol. The third-order valence-corrected chi connectivity index (χ3v) is 4.78. The van der Waals surface area contributed by atoms with E-state index in [2.05, 4.69) is 16.5 Å². The summed E-state index contributed by atoms with van der Waals surface area (Å²) in [6, 6.07) is 16.4. The Labute approximate surface area is 182 Å². The Kier molecular flexibility index (Phi) is 9.76. The number of hydrazone groups is 1. The van der Waals surface area contributed by atoms with Crippen molar-refractivity contribution in [1.82, 2.24) is 5.32 Å². The number of nitriles is 1. The topological polar surface area (TPSA) is 118 Å². The maximum Gasteiger partial charge on any atom is 0.308 e. The Morgan fingerprint density at radius 3 is 2.48 bits per heavy atom. The molecule has 0 fully saturated rings. The van der Waals surface area contributed by atoms with E-state index >= 15 is 0 Å². The van der Waals surface area contributed by atoms with Gasteiger partial charge >= 0.3 is 5.97 Å². The summed E-state index contributed by atoms with van der Waals surface area (Å²) in [5, 5.41) is 15.4. The molecule has 0 spiro atoms. The molecule has 0 aliphatic heterocycles. The van der Waals surface area contributed by atoms with Crippen molar-refractivity contribution in [3.63, 3.8) is 0 Å². The van der Waals surface area contributed by atoms with Crippen molar-refractivity contribution in [3.8, 4) is 6.07 Å². The molecule has 31 heavy (non-hydrogen) atoms. The summed E-state index contributed by atoms with van der Waals surface area (Å²) in [5.41, 5.74) is 3.42. The van der Waals surface area contributed by atoms with Gasteiger partial charge in [-0.05, 0) is 55.0 Å². The monoisotopic (exact) mass is 420 g/mol. The molecule has 3 N–H and O–H groups in total. The van der Waals surface area contributed by atoms with Gasteiger partial charge in [-0.25, -0.2) is 0 Å². The Hall–Kier alpha value is -3.66.